The molecule has 11 heteroatoms. The van der Waals surface area contributed by atoms with Gasteiger partial charge >= 0.3 is 12.1 Å². The smallest absolute Gasteiger partial charge is 0.407 e. The number of nitrogens with zero attached hydrogens (tertiary/aromatic N) is 1. The highest BCUT2D eigenvalue weighted by Gasteiger charge is 2.25. The van der Waals surface area contributed by atoms with Gasteiger partial charge in [-0.25, -0.2) is 14.6 Å². The molecule has 0 aliphatic heterocycles. The van der Waals surface area contributed by atoms with Crippen molar-refractivity contribution in [3.05, 3.63) is 119 Å². The van der Waals surface area contributed by atoms with E-state index in [4.69, 9.17) is 19.6 Å². The third kappa shape index (κ3) is 10.3. The van der Waals surface area contributed by atoms with Crippen molar-refractivity contribution in [2.75, 3.05) is 6.54 Å². The summed E-state index contributed by atoms with van der Waals surface area (Å²) >= 11 is 0. The molecule has 0 aliphatic rings. The number of benzene rings is 3. The zero-order valence-electron chi connectivity index (χ0n) is 24.2. The number of esters is 1. The molecule has 2 amide bonds. The Bertz CT molecular complexity index is 1480. The number of carbonyl (C=O) groups excluding carboxylic acids is 3. The lowest BCUT2D eigenvalue weighted by Gasteiger charge is -2.17. The summed E-state index contributed by atoms with van der Waals surface area (Å²) < 4.78 is 16.2. The van der Waals surface area contributed by atoms with Gasteiger partial charge in [-0.15, -0.1) is 0 Å². The van der Waals surface area contributed by atoms with Gasteiger partial charge < -0.3 is 35.4 Å². The van der Waals surface area contributed by atoms with Crippen molar-refractivity contribution >= 4 is 18.0 Å². The van der Waals surface area contributed by atoms with E-state index in [1.807, 2.05) is 60.7 Å². The molecule has 0 saturated carbocycles. The topological polar surface area (TPSA) is 166 Å². The molecule has 3 aromatic carbocycles. The van der Waals surface area contributed by atoms with Gasteiger partial charge in [-0.05, 0) is 54.5 Å². The van der Waals surface area contributed by atoms with Crippen molar-refractivity contribution in [1.82, 2.24) is 15.6 Å². The number of alkyl carbamates (subject to hydrolysis) is 1. The number of hydrogen-bond acceptors (Lipinski definition) is 9. The average molecular weight is 601 g/mol. The highest BCUT2D eigenvalue weighted by atomic mass is 16.5. The van der Waals surface area contributed by atoms with E-state index in [2.05, 4.69) is 15.6 Å². The molecule has 1 heterocycles. The van der Waals surface area contributed by atoms with Crippen LogP contribution in [0.5, 0.6) is 5.75 Å². The highest BCUT2D eigenvalue weighted by Crippen LogP contribution is 2.18. The summed E-state index contributed by atoms with van der Waals surface area (Å²) in [6, 6.07) is 23.6. The normalized spacial score (nSPS) is 12.1. The predicted octanol–water partition coefficient (Wildman–Crippen LogP) is 4.56. The van der Waals surface area contributed by atoms with Crippen molar-refractivity contribution < 1.29 is 33.4 Å². The first-order valence-corrected chi connectivity index (χ1v) is 14.3. The van der Waals surface area contributed by atoms with Crippen LogP contribution in [-0.2, 0) is 33.9 Å². The number of rotatable bonds is 15. The summed E-state index contributed by atoms with van der Waals surface area (Å²) in [7, 11) is 0. The number of hydrogen-bond donors (Lipinski definition) is 4. The first-order valence-electron chi connectivity index (χ1n) is 14.3. The lowest BCUT2D eigenvalue weighted by atomic mass is 10.1. The maximum atomic E-state index is 13.0. The number of phenolic OH excluding ortho intramolecular Hbond substituents is 1. The van der Waals surface area contributed by atoms with Crippen molar-refractivity contribution in [3.8, 4) is 5.75 Å². The van der Waals surface area contributed by atoms with E-state index in [1.54, 1.807) is 24.3 Å². The molecule has 0 saturated heterocycles. The van der Waals surface area contributed by atoms with Crippen LogP contribution in [0.25, 0.3) is 0 Å². The van der Waals surface area contributed by atoms with Crippen LogP contribution in [0.1, 0.15) is 58.4 Å². The Kier molecular flexibility index (Phi) is 11.9. The third-order valence-corrected chi connectivity index (χ3v) is 6.68. The minimum atomic E-state index is -0.956. The molecular formula is C33H36N4O7. The second kappa shape index (κ2) is 16.5. The number of nitrogens with two attached hydrogens (primary N) is 1. The number of phenols is 1. The Hall–Kier alpha value is -5.16. The summed E-state index contributed by atoms with van der Waals surface area (Å²) in [5.74, 6) is -0.894. The summed E-state index contributed by atoms with van der Waals surface area (Å²) in [4.78, 5) is 42.3. The third-order valence-electron chi connectivity index (χ3n) is 6.68. The molecule has 230 valence electrons. The van der Waals surface area contributed by atoms with Crippen LogP contribution >= 0.6 is 0 Å². The Balaban J connectivity index is 1.28. The summed E-state index contributed by atoms with van der Waals surface area (Å²) in [5, 5.41) is 14.9. The summed E-state index contributed by atoms with van der Waals surface area (Å²) in [5.41, 5.74) is 8.76. The standard InChI is InChI=1S/C33H36N4O7/c34-27(19-23-14-16-26(38)17-15-23)31-37-29(22-42-31)30(39)36-28(32(40)43-20-24-9-3-1-4-10-24)13-7-8-18-35-33(41)44-21-25-11-5-2-6-12-25/h1-6,9-12,14-17,22,27-28,38H,7-8,13,18-21,34H2,(H,35,41)(H,36,39). The lowest BCUT2D eigenvalue weighted by Crippen LogP contribution is -2.42. The summed E-state index contributed by atoms with van der Waals surface area (Å²) in [6.07, 6.45) is 2.35. The van der Waals surface area contributed by atoms with Gasteiger partial charge in [0.15, 0.2) is 5.69 Å². The van der Waals surface area contributed by atoms with Crippen LogP contribution in [0.15, 0.2) is 95.6 Å². The van der Waals surface area contributed by atoms with Crippen LogP contribution in [0.4, 0.5) is 4.79 Å². The quantitative estimate of drug-likeness (QED) is 0.113. The van der Waals surface area contributed by atoms with Crippen molar-refractivity contribution in [2.24, 2.45) is 5.73 Å². The van der Waals surface area contributed by atoms with E-state index in [0.717, 1.165) is 16.7 Å². The fourth-order valence-corrected chi connectivity index (χ4v) is 4.28. The first kappa shape index (κ1) is 31.8. The Morgan fingerprint density at radius 3 is 2.14 bits per heavy atom. The molecule has 4 rings (SSSR count). The monoisotopic (exact) mass is 600 g/mol. The van der Waals surface area contributed by atoms with Crippen LogP contribution in [0.3, 0.4) is 0 Å². The minimum Gasteiger partial charge on any atom is -0.508 e. The maximum Gasteiger partial charge on any atom is 0.407 e. The maximum absolute atomic E-state index is 13.0. The lowest BCUT2D eigenvalue weighted by molar-refractivity contribution is -0.147. The summed E-state index contributed by atoms with van der Waals surface area (Å²) in [6.45, 7) is 0.555. The predicted molar refractivity (Wildman–Crippen MR) is 161 cm³/mol. The Morgan fingerprint density at radius 1 is 0.841 bits per heavy atom. The molecular weight excluding hydrogens is 564 g/mol. The van der Waals surface area contributed by atoms with E-state index in [-0.39, 0.29) is 37.0 Å². The zero-order valence-corrected chi connectivity index (χ0v) is 24.2. The van der Waals surface area contributed by atoms with Crippen LogP contribution < -0.4 is 16.4 Å². The molecule has 0 radical (unpaired) electrons. The number of aromatic nitrogens is 1. The van der Waals surface area contributed by atoms with E-state index >= 15 is 0 Å². The highest BCUT2D eigenvalue weighted by molar-refractivity contribution is 5.95. The molecule has 11 nitrogen and oxygen atoms in total. The Morgan fingerprint density at radius 2 is 1.48 bits per heavy atom. The molecule has 0 bridgehead atoms. The number of oxazole rings is 1. The fourth-order valence-electron chi connectivity index (χ4n) is 4.28. The van der Waals surface area contributed by atoms with Crippen LogP contribution in [0.2, 0.25) is 0 Å². The molecule has 0 aliphatic carbocycles. The van der Waals surface area contributed by atoms with Gasteiger partial charge in [-0.1, -0.05) is 72.8 Å². The van der Waals surface area contributed by atoms with Crippen LogP contribution in [0, 0.1) is 0 Å². The molecule has 1 aromatic heterocycles. The van der Waals surface area contributed by atoms with E-state index in [9.17, 15) is 19.5 Å². The zero-order chi connectivity index (χ0) is 31.1. The molecule has 44 heavy (non-hydrogen) atoms. The largest absolute Gasteiger partial charge is 0.508 e. The van der Waals surface area contributed by atoms with E-state index in [1.165, 1.54) is 6.26 Å². The fraction of sp³-hybridized carbons (Fsp3) is 0.273. The number of amides is 2. The van der Waals surface area contributed by atoms with Crippen molar-refractivity contribution in [3.63, 3.8) is 0 Å². The molecule has 0 spiro atoms. The van der Waals surface area contributed by atoms with Crippen molar-refractivity contribution in [1.29, 1.82) is 0 Å². The van der Waals surface area contributed by atoms with Crippen molar-refractivity contribution in [2.45, 2.75) is 51.0 Å². The molecule has 2 unspecified atom stereocenters. The van der Waals surface area contributed by atoms with Gasteiger partial charge in [0.2, 0.25) is 5.89 Å². The second-order valence-electron chi connectivity index (χ2n) is 10.2. The number of carbonyl (C=O) groups is 3. The molecule has 4 aromatic rings. The average Bonchev–Trinajstić information content (AvgIpc) is 3.55. The van der Waals surface area contributed by atoms with E-state index in [0.29, 0.717) is 25.8 Å². The Labute approximate surface area is 255 Å². The van der Waals surface area contributed by atoms with Gasteiger partial charge in [0.1, 0.15) is 31.3 Å². The molecule has 0 fully saturated rings. The molecule has 2 atom stereocenters. The first-order chi connectivity index (χ1) is 21.4. The van der Waals surface area contributed by atoms with Crippen LogP contribution in [-0.4, -0.2) is 40.6 Å². The SMILES string of the molecule is NC(Cc1ccc(O)cc1)c1nc(C(=O)NC(CCCCNC(=O)OCc2ccccc2)C(=O)OCc2ccccc2)co1. The van der Waals surface area contributed by atoms with E-state index < -0.39 is 30.1 Å². The minimum absolute atomic E-state index is 0.0233. The van der Waals surface area contributed by atoms with Gasteiger partial charge in [0.25, 0.3) is 5.91 Å². The molecule has 5 N–H and O–H groups in total. The van der Waals surface area contributed by atoms with Gasteiger partial charge in [0, 0.05) is 6.54 Å². The number of aromatic hydroxyl groups is 1. The number of unbranched alkanes of at least 4 members (excludes halogenated alkanes) is 1. The second-order valence-corrected chi connectivity index (χ2v) is 10.2. The van der Waals surface area contributed by atoms with Gasteiger partial charge in [-0.2, -0.15) is 0 Å². The van der Waals surface area contributed by atoms with Gasteiger partial charge in [-0.3, -0.25) is 4.79 Å². The number of ether oxygens (including phenoxy) is 2. The van der Waals surface area contributed by atoms with Gasteiger partial charge in [0.05, 0.1) is 6.04 Å². The number of nitrogens with one attached hydrogen (secondary N) is 2.